The van der Waals surface area contributed by atoms with E-state index in [9.17, 15) is 14.3 Å². The Morgan fingerprint density at radius 1 is 1.47 bits per heavy atom. The van der Waals surface area contributed by atoms with E-state index in [1.165, 1.54) is 12.1 Å². The van der Waals surface area contributed by atoms with Crippen molar-refractivity contribution in [3.05, 3.63) is 35.1 Å². The molecule has 1 heterocycles. The molecule has 1 amide bonds. The SMILES string of the molecule is Cc1ccc(C(=O)NC2(CO)CCOCC2)c(F)c1. The summed E-state index contributed by atoms with van der Waals surface area (Å²) in [6.45, 7) is 2.56. The number of benzene rings is 1. The zero-order valence-corrected chi connectivity index (χ0v) is 10.9. The Bertz CT molecular complexity index is 470. The van der Waals surface area contributed by atoms with Gasteiger partial charge in [0.1, 0.15) is 5.82 Å². The van der Waals surface area contributed by atoms with Crippen LogP contribution in [-0.2, 0) is 4.74 Å². The Kier molecular flexibility index (Phi) is 4.17. The van der Waals surface area contributed by atoms with Gasteiger partial charge in [-0.25, -0.2) is 4.39 Å². The van der Waals surface area contributed by atoms with Gasteiger partial charge in [-0.2, -0.15) is 0 Å². The minimum absolute atomic E-state index is 0.00455. The lowest BCUT2D eigenvalue weighted by atomic mass is 9.90. The molecule has 0 aliphatic carbocycles. The molecule has 0 atom stereocenters. The lowest BCUT2D eigenvalue weighted by Crippen LogP contribution is -2.54. The molecule has 0 saturated carbocycles. The predicted octanol–water partition coefficient (Wildman–Crippen LogP) is 1.41. The number of carbonyl (C=O) groups excluding carboxylic acids is 1. The monoisotopic (exact) mass is 267 g/mol. The van der Waals surface area contributed by atoms with Gasteiger partial charge in [-0.3, -0.25) is 4.79 Å². The Labute approximate surface area is 111 Å². The highest BCUT2D eigenvalue weighted by Crippen LogP contribution is 2.21. The predicted molar refractivity (Wildman–Crippen MR) is 68.5 cm³/mol. The van der Waals surface area contributed by atoms with Gasteiger partial charge < -0.3 is 15.2 Å². The first-order valence-corrected chi connectivity index (χ1v) is 6.34. The van der Waals surface area contributed by atoms with Crippen LogP contribution in [0, 0.1) is 12.7 Å². The molecule has 2 N–H and O–H groups in total. The van der Waals surface area contributed by atoms with Crippen LogP contribution in [0.15, 0.2) is 18.2 Å². The van der Waals surface area contributed by atoms with Crippen molar-refractivity contribution in [2.75, 3.05) is 19.8 Å². The van der Waals surface area contributed by atoms with Gasteiger partial charge in [0.15, 0.2) is 0 Å². The maximum Gasteiger partial charge on any atom is 0.254 e. The van der Waals surface area contributed by atoms with Crippen molar-refractivity contribution in [2.24, 2.45) is 0 Å². The van der Waals surface area contributed by atoms with Crippen molar-refractivity contribution in [3.63, 3.8) is 0 Å². The number of aryl methyl sites for hydroxylation is 1. The summed E-state index contributed by atoms with van der Waals surface area (Å²) < 4.78 is 19.0. The first kappa shape index (κ1) is 14.0. The van der Waals surface area contributed by atoms with Crippen molar-refractivity contribution in [3.8, 4) is 0 Å². The second kappa shape index (κ2) is 5.67. The molecular formula is C14H18FNO3. The van der Waals surface area contributed by atoms with Crippen molar-refractivity contribution >= 4 is 5.91 Å². The number of aliphatic hydroxyl groups is 1. The number of carbonyl (C=O) groups is 1. The van der Waals surface area contributed by atoms with E-state index < -0.39 is 17.3 Å². The molecule has 104 valence electrons. The van der Waals surface area contributed by atoms with E-state index in [-0.39, 0.29) is 12.2 Å². The maximum atomic E-state index is 13.7. The van der Waals surface area contributed by atoms with E-state index >= 15 is 0 Å². The molecule has 0 unspecified atom stereocenters. The zero-order valence-electron chi connectivity index (χ0n) is 10.9. The molecule has 19 heavy (non-hydrogen) atoms. The molecule has 1 aromatic carbocycles. The quantitative estimate of drug-likeness (QED) is 0.870. The topological polar surface area (TPSA) is 58.6 Å². The Morgan fingerprint density at radius 3 is 2.74 bits per heavy atom. The first-order valence-electron chi connectivity index (χ1n) is 6.34. The summed E-state index contributed by atoms with van der Waals surface area (Å²) in [7, 11) is 0. The third kappa shape index (κ3) is 3.11. The van der Waals surface area contributed by atoms with Gasteiger partial charge in [-0.15, -0.1) is 0 Å². The normalized spacial score (nSPS) is 18.1. The highest BCUT2D eigenvalue weighted by atomic mass is 19.1. The fraction of sp³-hybridized carbons (Fsp3) is 0.500. The van der Waals surface area contributed by atoms with E-state index in [1.807, 2.05) is 0 Å². The molecule has 5 heteroatoms. The van der Waals surface area contributed by atoms with Gasteiger partial charge in [-0.1, -0.05) is 6.07 Å². The van der Waals surface area contributed by atoms with Gasteiger partial charge in [0, 0.05) is 13.2 Å². The van der Waals surface area contributed by atoms with Crippen LogP contribution in [0.25, 0.3) is 0 Å². The summed E-state index contributed by atoms with van der Waals surface area (Å²) in [6, 6.07) is 4.47. The molecule has 0 spiro atoms. The number of rotatable bonds is 3. The standard InChI is InChI=1S/C14H18FNO3/c1-10-2-3-11(12(15)8-10)13(18)16-14(9-17)4-6-19-7-5-14/h2-3,8,17H,4-7,9H2,1H3,(H,16,18). The average Bonchev–Trinajstić information content (AvgIpc) is 2.39. The summed E-state index contributed by atoms with van der Waals surface area (Å²) >= 11 is 0. The molecule has 0 bridgehead atoms. The van der Waals surface area contributed by atoms with E-state index in [4.69, 9.17) is 4.74 Å². The summed E-state index contributed by atoms with van der Waals surface area (Å²) in [5.74, 6) is -1.04. The van der Waals surface area contributed by atoms with E-state index in [0.717, 1.165) is 5.56 Å². The molecular weight excluding hydrogens is 249 g/mol. The van der Waals surface area contributed by atoms with Crippen LogP contribution in [0.4, 0.5) is 4.39 Å². The smallest absolute Gasteiger partial charge is 0.254 e. The largest absolute Gasteiger partial charge is 0.394 e. The van der Waals surface area contributed by atoms with Crippen molar-refractivity contribution in [1.82, 2.24) is 5.32 Å². The van der Waals surface area contributed by atoms with Crippen LogP contribution in [0.3, 0.4) is 0 Å². The number of nitrogens with one attached hydrogen (secondary N) is 1. The molecule has 1 saturated heterocycles. The summed E-state index contributed by atoms with van der Waals surface area (Å²) in [5, 5.41) is 12.2. The lowest BCUT2D eigenvalue weighted by Gasteiger charge is -2.36. The van der Waals surface area contributed by atoms with Crippen molar-refractivity contribution in [1.29, 1.82) is 0 Å². The summed E-state index contributed by atoms with van der Waals surface area (Å²) in [4.78, 5) is 12.1. The minimum Gasteiger partial charge on any atom is -0.394 e. The van der Waals surface area contributed by atoms with Crippen LogP contribution >= 0.6 is 0 Å². The highest BCUT2D eigenvalue weighted by molar-refractivity contribution is 5.95. The van der Waals surface area contributed by atoms with Crippen LogP contribution in [0.1, 0.15) is 28.8 Å². The number of ether oxygens (including phenoxy) is 1. The molecule has 1 aliphatic rings. The average molecular weight is 267 g/mol. The van der Waals surface area contributed by atoms with Gasteiger partial charge in [-0.05, 0) is 37.5 Å². The third-order valence-electron chi connectivity index (χ3n) is 3.50. The highest BCUT2D eigenvalue weighted by Gasteiger charge is 2.34. The molecule has 1 aromatic rings. The van der Waals surface area contributed by atoms with Gasteiger partial charge in [0.05, 0.1) is 17.7 Å². The van der Waals surface area contributed by atoms with Gasteiger partial charge in [0.2, 0.25) is 0 Å². The lowest BCUT2D eigenvalue weighted by molar-refractivity contribution is 0.0124. The molecule has 2 rings (SSSR count). The number of hydrogen-bond acceptors (Lipinski definition) is 3. The second-order valence-electron chi connectivity index (χ2n) is 4.99. The molecule has 0 aromatic heterocycles. The Balaban J connectivity index is 2.15. The van der Waals surface area contributed by atoms with Crippen LogP contribution in [-0.4, -0.2) is 36.4 Å². The van der Waals surface area contributed by atoms with Gasteiger partial charge >= 0.3 is 0 Å². The first-order chi connectivity index (χ1) is 9.06. The molecule has 4 nitrogen and oxygen atoms in total. The van der Waals surface area contributed by atoms with Crippen LogP contribution in [0.2, 0.25) is 0 Å². The minimum atomic E-state index is -0.702. The number of aliphatic hydroxyl groups excluding tert-OH is 1. The maximum absolute atomic E-state index is 13.7. The third-order valence-corrected chi connectivity index (χ3v) is 3.50. The second-order valence-corrected chi connectivity index (χ2v) is 4.99. The van der Waals surface area contributed by atoms with Gasteiger partial charge in [0.25, 0.3) is 5.91 Å². The zero-order chi connectivity index (χ0) is 13.9. The fourth-order valence-electron chi connectivity index (χ4n) is 2.20. The molecule has 1 aliphatic heterocycles. The van der Waals surface area contributed by atoms with Crippen LogP contribution < -0.4 is 5.32 Å². The van der Waals surface area contributed by atoms with Crippen LogP contribution in [0.5, 0.6) is 0 Å². The van der Waals surface area contributed by atoms with Crippen molar-refractivity contribution in [2.45, 2.75) is 25.3 Å². The number of hydrogen-bond donors (Lipinski definition) is 2. The molecule has 0 radical (unpaired) electrons. The Hall–Kier alpha value is -1.46. The molecule has 1 fully saturated rings. The van der Waals surface area contributed by atoms with Crippen molar-refractivity contribution < 1.29 is 19.0 Å². The van der Waals surface area contributed by atoms with E-state index in [2.05, 4.69) is 5.32 Å². The summed E-state index contributed by atoms with van der Waals surface area (Å²) in [5.41, 5.74) is 0.0639. The Morgan fingerprint density at radius 2 is 2.16 bits per heavy atom. The fourth-order valence-corrected chi connectivity index (χ4v) is 2.20. The number of amides is 1. The van der Waals surface area contributed by atoms with E-state index in [0.29, 0.717) is 26.1 Å². The number of halogens is 1. The summed E-state index contributed by atoms with van der Waals surface area (Å²) in [6.07, 6.45) is 1.06. The van der Waals surface area contributed by atoms with E-state index in [1.54, 1.807) is 13.0 Å².